The maximum Gasteiger partial charge on any atom is 0.220 e. The predicted octanol–water partition coefficient (Wildman–Crippen LogP) is 1.90. The van der Waals surface area contributed by atoms with E-state index in [1.54, 1.807) is 0 Å². The molecule has 5 heteroatoms. The molecule has 0 rings (SSSR count). The highest BCUT2D eigenvalue weighted by atomic mass is 16.7. The van der Waals surface area contributed by atoms with Gasteiger partial charge in [-0.15, -0.1) is 0 Å². The quantitative estimate of drug-likeness (QED) is 0.538. The molecule has 0 saturated heterocycles. The third-order valence-electron chi connectivity index (χ3n) is 3.39. The minimum Gasteiger partial charge on any atom is -0.351 e. The molecule has 0 saturated carbocycles. The zero-order chi connectivity index (χ0) is 15.4. The predicted molar refractivity (Wildman–Crippen MR) is 81.3 cm³/mol. The number of carbonyl (C=O) groups excluding carboxylic acids is 1. The standard InChI is InChI=1S/C15H32N2O3/c1-5-19-15(20-6-2)11-17-14(18)8-7-13(9-10-16)12(3)4/h12-13,15H,5-11,16H2,1-4H3,(H,17,18). The Balaban J connectivity index is 3.96. The summed E-state index contributed by atoms with van der Waals surface area (Å²) in [6.07, 6.45) is 2.05. The number of ether oxygens (including phenoxy) is 2. The van der Waals surface area contributed by atoms with Gasteiger partial charge >= 0.3 is 0 Å². The third-order valence-corrected chi connectivity index (χ3v) is 3.39. The fraction of sp³-hybridized carbons (Fsp3) is 0.933. The molecule has 0 aliphatic heterocycles. The Morgan fingerprint density at radius 3 is 2.20 bits per heavy atom. The monoisotopic (exact) mass is 288 g/mol. The average molecular weight is 288 g/mol. The molecule has 3 N–H and O–H groups in total. The number of amides is 1. The van der Waals surface area contributed by atoms with Gasteiger partial charge in [-0.3, -0.25) is 4.79 Å². The lowest BCUT2D eigenvalue weighted by Crippen LogP contribution is -2.35. The van der Waals surface area contributed by atoms with Gasteiger partial charge in [0, 0.05) is 19.6 Å². The summed E-state index contributed by atoms with van der Waals surface area (Å²) in [5.41, 5.74) is 5.61. The second-order valence-corrected chi connectivity index (χ2v) is 5.26. The number of hydrogen-bond acceptors (Lipinski definition) is 4. The van der Waals surface area contributed by atoms with E-state index >= 15 is 0 Å². The van der Waals surface area contributed by atoms with E-state index in [4.69, 9.17) is 15.2 Å². The minimum absolute atomic E-state index is 0.0528. The normalized spacial score (nSPS) is 12.9. The highest BCUT2D eigenvalue weighted by Crippen LogP contribution is 2.20. The topological polar surface area (TPSA) is 73.6 Å². The van der Waals surface area contributed by atoms with Gasteiger partial charge in [-0.1, -0.05) is 13.8 Å². The van der Waals surface area contributed by atoms with Gasteiger partial charge in [0.05, 0.1) is 6.54 Å². The number of nitrogens with one attached hydrogen (secondary N) is 1. The Bertz CT molecular complexity index is 241. The number of hydrogen-bond donors (Lipinski definition) is 2. The van der Waals surface area contributed by atoms with Crippen LogP contribution in [0.5, 0.6) is 0 Å². The molecular weight excluding hydrogens is 256 g/mol. The summed E-state index contributed by atoms with van der Waals surface area (Å²) in [4.78, 5) is 11.8. The third kappa shape index (κ3) is 9.28. The van der Waals surface area contributed by atoms with Crippen molar-refractivity contribution in [1.82, 2.24) is 5.32 Å². The Kier molecular flexibility index (Phi) is 11.7. The van der Waals surface area contributed by atoms with Crippen LogP contribution in [0.15, 0.2) is 0 Å². The first-order valence-corrected chi connectivity index (χ1v) is 7.75. The number of carbonyl (C=O) groups is 1. The molecule has 1 unspecified atom stereocenters. The highest BCUT2D eigenvalue weighted by Gasteiger charge is 2.15. The summed E-state index contributed by atoms with van der Waals surface area (Å²) >= 11 is 0. The minimum atomic E-state index is -0.348. The molecule has 0 spiro atoms. The number of nitrogens with two attached hydrogens (primary N) is 1. The summed E-state index contributed by atoms with van der Waals surface area (Å²) in [7, 11) is 0. The largest absolute Gasteiger partial charge is 0.351 e. The molecule has 1 amide bonds. The first-order valence-electron chi connectivity index (χ1n) is 7.75. The van der Waals surface area contributed by atoms with Crippen LogP contribution in [0, 0.1) is 11.8 Å². The van der Waals surface area contributed by atoms with Crippen LogP contribution < -0.4 is 11.1 Å². The molecule has 20 heavy (non-hydrogen) atoms. The van der Waals surface area contributed by atoms with Crippen molar-refractivity contribution in [3.05, 3.63) is 0 Å². The van der Waals surface area contributed by atoms with Gasteiger partial charge in [0.15, 0.2) is 6.29 Å². The molecule has 0 fully saturated rings. The molecule has 0 heterocycles. The summed E-state index contributed by atoms with van der Waals surface area (Å²) in [5.74, 6) is 1.13. The zero-order valence-electron chi connectivity index (χ0n) is 13.5. The fourth-order valence-corrected chi connectivity index (χ4v) is 2.16. The summed E-state index contributed by atoms with van der Waals surface area (Å²) in [5, 5.41) is 2.87. The lowest BCUT2D eigenvalue weighted by Gasteiger charge is -2.20. The lowest BCUT2D eigenvalue weighted by molar-refractivity contribution is -0.140. The maximum absolute atomic E-state index is 11.8. The van der Waals surface area contributed by atoms with E-state index < -0.39 is 0 Å². The molecule has 0 bridgehead atoms. The van der Waals surface area contributed by atoms with Gasteiger partial charge in [0.1, 0.15) is 0 Å². The molecule has 0 aliphatic carbocycles. The van der Waals surface area contributed by atoms with Crippen molar-refractivity contribution in [2.45, 2.75) is 53.2 Å². The Labute approximate surface area is 123 Å². The van der Waals surface area contributed by atoms with Crippen LogP contribution in [-0.2, 0) is 14.3 Å². The van der Waals surface area contributed by atoms with Crippen LogP contribution in [0.25, 0.3) is 0 Å². The molecule has 0 aromatic rings. The second-order valence-electron chi connectivity index (χ2n) is 5.26. The van der Waals surface area contributed by atoms with Crippen molar-refractivity contribution in [3.8, 4) is 0 Å². The van der Waals surface area contributed by atoms with E-state index in [0.29, 0.717) is 44.6 Å². The Morgan fingerprint density at radius 1 is 1.15 bits per heavy atom. The van der Waals surface area contributed by atoms with Crippen LogP contribution >= 0.6 is 0 Å². The molecule has 0 aromatic carbocycles. The van der Waals surface area contributed by atoms with E-state index in [1.165, 1.54) is 0 Å². The molecule has 120 valence electrons. The molecule has 0 aromatic heterocycles. The molecular formula is C15H32N2O3. The summed E-state index contributed by atoms with van der Waals surface area (Å²) < 4.78 is 10.8. The Hall–Kier alpha value is -0.650. The van der Waals surface area contributed by atoms with Crippen molar-refractivity contribution in [2.24, 2.45) is 17.6 Å². The SMILES string of the molecule is CCOC(CNC(=O)CCC(CCN)C(C)C)OCC. The number of rotatable bonds is 12. The molecule has 5 nitrogen and oxygen atoms in total. The van der Waals surface area contributed by atoms with Crippen LogP contribution in [0.3, 0.4) is 0 Å². The highest BCUT2D eigenvalue weighted by molar-refractivity contribution is 5.75. The van der Waals surface area contributed by atoms with Crippen LogP contribution in [0.4, 0.5) is 0 Å². The first kappa shape index (κ1) is 19.4. The lowest BCUT2D eigenvalue weighted by atomic mass is 9.88. The maximum atomic E-state index is 11.8. The van der Waals surface area contributed by atoms with E-state index in [-0.39, 0.29) is 12.2 Å². The van der Waals surface area contributed by atoms with Gasteiger partial charge in [-0.25, -0.2) is 0 Å². The Morgan fingerprint density at radius 2 is 1.75 bits per heavy atom. The second kappa shape index (κ2) is 12.1. The first-order chi connectivity index (χ1) is 9.54. The van der Waals surface area contributed by atoms with Crippen molar-refractivity contribution in [2.75, 3.05) is 26.3 Å². The van der Waals surface area contributed by atoms with Gasteiger partial charge in [-0.2, -0.15) is 0 Å². The average Bonchev–Trinajstić information content (AvgIpc) is 2.41. The smallest absolute Gasteiger partial charge is 0.220 e. The molecule has 0 aliphatic rings. The van der Waals surface area contributed by atoms with Crippen molar-refractivity contribution in [3.63, 3.8) is 0 Å². The van der Waals surface area contributed by atoms with Crippen LogP contribution in [0.2, 0.25) is 0 Å². The van der Waals surface area contributed by atoms with E-state index in [0.717, 1.165) is 12.8 Å². The molecule has 1 atom stereocenters. The van der Waals surface area contributed by atoms with Gasteiger partial charge in [-0.05, 0) is 45.1 Å². The summed E-state index contributed by atoms with van der Waals surface area (Å²) in [6.45, 7) is 10.4. The zero-order valence-corrected chi connectivity index (χ0v) is 13.5. The van der Waals surface area contributed by atoms with Gasteiger partial charge in [0.25, 0.3) is 0 Å². The fourth-order valence-electron chi connectivity index (χ4n) is 2.16. The van der Waals surface area contributed by atoms with E-state index in [2.05, 4.69) is 19.2 Å². The van der Waals surface area contributed by atoms with Gasteiger partial charge < -0.3 is 20.5 Å². The van der Waals surface area contributed by atoms with E-state index in [9.17, 15) is 4.79 Å². The van der Waals surface area contributed by atoms with Crippen molar-refractivity contribution >= 4 is 5.91 Å². The van der Waals surface area contributed by atoms with Crippen LogP contribution in [0.1, 0.15) is 47.0 Å². The van der Waals surface area contributed by atoms with Crippen molar-refractivity contribution in [1.29, 1.82) is 0 Å². The summed E-state index contributed by atoms with van der Waals surface area (Å²) in [6, 6.07) is 0. The molecule has 0 radical (unpaired) electrons. The van der Waals surface area contributed by atoms with E-state index in [1.807, 2.05) is 13.8 Å². The van der Waals surface area contributed by atoms with Gasteiger partial charge in [0.2, 0.25) is 5.91 Å². The van der Waals surface area contributed by atoms with Crippen molar-refractivity contribution < 1.29 is 14.3 Å². The van der Waals surface area contributed by atoms with Crippen LogP contribution in [-0.4, -0.2) is 38.5 Å².